The molecule has 1 saturated heterocycles. The minimum Gasteiger partial charge on any atom is -0.343 e. The smallest absolute Gasteiger partial charge is 0.250 e. The van der Waals surface area contributed by atoms with Crippen LogP contribution < -0.4 is 10.2 Å². The normalized spacial score (nSPS) is 18.8. The average molecular weight is 288 g/mol. The van der Waals surface area contributed by atoms with Crippen molar-refractivity contribution in [2.24, 2.45) is 0 Å². The van der Waals surface area contributed by atoms with Crippen LogP contribution in [0.5, 0.6) is 0 Å². The molecule has 0 spiro atoms. The van der Waals surface area contributed by atoms with E-state index in [1.165, 1.54) is 18.4 Å². The summed E-state index contributed by atoms with van der Waals surface area (Å²) in [6, 6.07) is 7.63. The van der Waals surface area contributed by atoms with E-state index >= 15 is 0 Å². The number of piperazine rings is 1. The number of carbonyl (C=O) groups excluding carboxylic acids is 2. The molecular formula is C17H24N2O2. The van der Waals surface area contributed by atoms with E-state index in [1.807, 2.05) is 19.1 Å². The molecule has 21 heavy (non-hydrogen) atoms. The number of hydrogen-bond acceptors (Lipinski definition) is 2. The minimum absolute atomic E-state index is 0.00208. The average Bonchev–Trinajstić information content (AvgIpc) is 2.49. The van der Waals surface area contributed by atoms with Crippen molar-refractivity contribution in [3.8, 4) is 0 Å². The molecule has 4 heteroatoms. The van der Waals surface area contributed by atoms with Crippen LogP contribution in [-0.2, 0) is 16.0 Å². The molecule has 0 aromatic heterocycles. The van der Waals surface area contributed by atoms with Gasteiger partial charge in [0.15, 0.2) is 0 Å². The Hall–Kier alpha value is -1.84. The molecule has 0 saturated carbocycles. The van der Waals surface area contributed by atoms with Crippen LogP contribution in [-0.4, -0.2) is 24.4 Å². The Labute approximate surface area is 126 Å². The highest BCUT2D eigenvalue weighted by molar-refractivity contribution is 6.06. The fraction of sp³-hybridized carbons (Fsp3) is 0.529. The van der Waals surface area contributed by atoms with Gasteiger partial charge in [-0.2, -0.15) is 0 Å². The van der Waals surface area contributed by atoms with Crippen LogP contribution in [0.4, 0.5) is 5.69 Å². The number of nitrogens with one attached hydrogen (secondary N) is 1. The number of carbonyl (C=O) groups is 2. The summed E-state index contributed by atoms with van der Waals surface area (Å²) >= 11 is 0. The first-order valence-corrected chi connectivity index (χ1v) is 7.85. The summed E-state index contributed by atoms with van der Waals surface area (Å²) in [6.07, 6.45) is 4.97. The third kappa shape index (κ3) is 3.84. The van der Waals surface area contributed by atoms with Crippen molar-refractivity contribution in [1.29, 1.82) is 0 Å². The van der Waals surface area contributed by atoms with Crippen LogP contribution in [0.25, 0.3) is 0 Å². The lowest BCUT2D eigenvalue weighted by Gasteiger charge is -2.32. The van der Waals surface area contributed by atoms with Gasteiger partial charge in [-0.3, -0.25) is 9.59 Å². The van der Waals surface area contributed by atoms with Gasteiger partial charge in [0.05, 0.1) is 0 Å². The third-order valence-corrected chi connectivity index (χ3v) is 3.85. The number of nitrogens with zero attached hydrogens (tertiary/aromatic N) is 1. The summed E-state index contributed by atoms with van der Waals surface area (Å²) in [5.41, 5.74) is 2.09. The summed E-state index contributed by atoms with van der Waals surface area (Å²) in [5, 5.41) is 2.78. The van der Waals surface area contributed by atoms with Gasteiger partial charge in [-0.05, 0) is 37.0 Å². The molecule has 2 rings (SSSR count). The van der Waals surface area contributed by atoms with E-state index in [-0.39, 0.29) is 24.4 Å². The summed E-state index contributed by atoms with van der Waals surface area (Å²) in [5.74, 6) is -0.0825. The summed E-state index contributed by atoms with van der Waals surface area (Å²) in [4.78, 5) is 25.8. The maximum absolute atomic E-state index is 12.4. The molecule has 2 amide bonds. The Morgan fingerprint density at radius 2 is 1.86 bits per heavy atom. The maximum Gasteiger partial charge on any atom is 0.250 e. The number of rotatable bonds is 6. The molecule has 0 bridgehead atoms. The Kier molecular flexibility index (Phi) is 5.37. The number of hydrogen-bond donors (Lipinski definition) is 1. The molecule has 1 aromatic carbocycles. The van der Waals surface area contributed by atoms with Gasteiger partial charge < -0.3 is 10.2 Å². The van der Waals surface area contributed by atoms with Crippen molar-refractivity contribution in [2.45, 2.75) is 52.0 Å². The second-order valence-corrected chi connectivity index (χ2v) is 5.60. The summed E-state index contributed by atoms with van der Waals surface area (Å²) < 4.78 is 0. The largest absolute Gasteiger partial charge is 0.343 e. The molecule has 1 heterocycles. The van der Waals surface area contributed by atoms with E-state index in [1.54, 1.807) is 4.90 Å². The van der Waals surface area contributed by atoms with E-state index in [4.69, 9.17) is 0 Å². The zero-order valence-corrected chi connectivity index (χ0v) is 12.9. The summed E-state index contributed by atoms with van der Waals surface area (Å²) in [7, 11) is 0. The standard InChI is InChI=1S/C17H24N2O2/c1-3-5-7-13-8-10-14(11-9-13)19-12-16(20)18-15(6-4-2)17(19)21/h8-11,15H,3-7,12H2,1-2H3,(H,18,20). The molecule has 0 aliphatic carbocycles. The Morgan fingerprint density at radius 3 is 2.48 bits per heavy atom. The van der Waals surface area contributed by atoms with Crippen LogP contribution in [0, 0.1) is 0 Å². The van der Waals surface area contributed by atoms with Gasteiger partial charge in [0.1, 0.15) is 12.6 Å². The van der Waals surface area contributed by atoms with E-state index in [2.05, 4.69) is 24.4 Å². The van der Waals surface area contributed by atoms with Gasteiger partial charge in [-0.15, -0.1) is 0 Å². The van der Waals surface area contributed by atoms with Crippen LogP contribution in [0.3, 0.4) is 0 Å². The van der Waals surface area contributed by atoms with E-state index in [0.29, 0.717) is 6.42 Å². The number of unbranched alkanes of at least 4 members (excludes halogenated alkanes) is 1. The monoisotopic (exact) mass is 288 g/mol. The quantitative estimate of drug-likeness (QED) is 0.875. The lowest BCUT2D eigenvalue weighted by atomic mass is 10.1. The van der Waals surface area contributed by atoms with Gasteiger partial charge in [-0.1, -0.05) is 38.8 Å². The molecule has 4 nitrogen and oxygen atoms in total. The second kappa shape index (κ2) is 7.25. The molecule has 1 atom stereocenters. The van der Waals surface area contributed by atoms with Crippen molar-refractivity contribution in [2.75, 3.05) is 11.4 Å². The van der Waals surface area contributed by atoms with Gasteiger partial charge in [0.2, 0.25) is 11.8 Å². The molecule has 1 unspecified atom stereocenters. The highest BCUT2D eigenvalue weighted by atomic mass is 16.2. The first-order valence-electron chi connectivity index (χ1n) is 7.85. The van der Waals surface area contributed by atoms with Gasteiger partial charge in [0, 0.05) is 5.69 Å². The van der Waals surface area contributed by atoms with Crippen molar-refractivity contribution >= 4 is 17.5 Å². The van der Waals surface area contributed by atoms with Crippen LogP contribution in [0.15, 0.2) is 24.3 Å². The molecule has 1 aliphatic rings. The van der Waals surface area contributed by atoms with Crippen LogP contribution in [0.1, 0.15) is 45.1 Å². The van der Waals surface area contributed by atoms with Crippen molar-refractivity contribution in [3.05, 3.63) is 29.8 Å². The van der Waals surface area contributed by atoms with Gasteiger partial charge in [-0.25, -0.2) is 0 Å². The fourth-order valence-electron chi connectivity index (χ4n) is 2.64. The van der Waals surface area contributed by atoms with Crippen molar-refractivity contribution in [1.82, 2.24) is 5.32 Å². The molecule has 1 N–H and O–H groups in total. The van der Waals surface area contributed by atoms with E-state index in [9.17, 15) is 9.59 Å². The van der Waals surface area contributed by atoms with E-state index in [0.717, 1.165) is 18.5 Å². The minimum atomic E-state index is -0.379. The lowest BCUT2D eigenvalue weighted by molar-refractivity contribution is -0.131. The van der Waals surface area contributed by atoms with E-state index < -0.39 is 0 Å². The Balaban J connectivity index is 2.11. The van der Waals surface area contributed by atoms with Gasteiger partial charge in [0.25, 0.3) is 0 Å². The number of amides is 2. The molecule has 1 fully saturated rings. The molecule has 1 aromatic rings. The predicted molar refractivity (Wildman–Crippen MR) is 84.2 cm³/mol. The summed E-state index contributed by atoms with van der Waals surface area (Å²) in [6.45, 7) is 4.31. The maximum atomic E-state index is 12.4. The van der Waals surface area contributed by atoms with Crippen LogP contribution >= 0.6 is 0 Å². The number of anilines is 1. The molecular weight excluding hydrogens is 264 g/mol. The highest BCUT2D eigenvalue weighted by Gasteiger charge is 2.32. The third-order valence-electron chi connectivity index (χ3n) is 3.85. The van der Waals surface area contributed by atoms with Crippen LogP contribution in [0.2, 0.25) is 0 Å². The predicted octanol–water partition coefficient (Wildman–Crippen LogP) is 2.66. The lowest BCUT2D eigenvalue weighted by Crippen LogP contribution is -2.58. The SMILES string of the molecule is CCCCc1ccc(N2CC(=O)NC(CCC)C2=O)cc1. The second-order valence-electron chi connectivity index (χ2n) is 5.60. The number of benzene rings is 1. The molecule has 114 valence electrons. The zero-order valence-electron chi connectivity index (χ0n) is 12.9. The highest BCUT2D eigenvalue weighted by Crippen LogP contribution is 2.20. The Bertz CT molecular complexity index is 496. The first kappa shape index (κ1) is 15.5. The van der Waals surface area contributed by atoms with Crippen molar-refractivity contribution in [3.63, 3.8) is 0 Å². The van der Waals surface area contributed by atoms with Gasteiger partial charge >= 0.3 is 0 Å². The Morgan fingerprint density at radius 1 is 1.14 bits per heavy atom. The fourth-order valence-corrected chi connectivity index (χ4v) is 2.64. The first-order chi connectivity index (χ1) is 10.2. The van der Waals surface area contributed by atoms with Crippen molar-refractivity contribution < 1.29 is 9.59 Å². The zero-order chi connectivity index (χ0) is 15.2. The topological polar surface area (TPSA) is 49.4 Å². The number of aryl methyl sites for hydroxylation is 1. The molecule has 0 radical (unpaired) electrons. The molecule has 1 aliphatic heterocycles.